The van der Waals surface area contributed by atoms with E-state index in [0.717, 1.165) is 17.5 Å². The van der Waals surface area contributed by atoms with Gasteiger partial charge in [-0.3, -0.25) is 10.1 Å². The van der Waals surface area contributed by atoms with Crippen LogP contribution in [-0.2, 0) is 11.4 Å². The van der Waals surface area contributed by atoms with Gasteiger partial charge in [0.05, 0.1) is 7.11 Å². The number of hydrogen-bond acceptors (Lipinski definition) is 4. The highest BCUT2D eigenvalue weighted by Crippen LogP contribution is 2.30. The van der Waals surface area contributed by atoms with E-state index in [4.69, 9.17) is 21.7 Å². The summed E-state index contributed by atoms with van der Waals surface area (Å²) >= 11 is 5.24. The Balaban J connectivity index is 1.81. The molecular formula is C21H22N2O3S. The molecule has 1 saturated heterocycles. The summed E-state index contributed by atoms with van der Waals surface area (Å²) in [5, 5.41) is 3.14. The molecule has 2 aromatic carbocycles. The van der Waals surface area contributed by atoms with E-state index < -0.39 is 0 Å². The molecule has 5 nitrogen and oxygen atoms in total. The molecule has 1 aliphatic rings. The third-order valence-corrected chi connectivity index (χ3v) is 4.49. The number of nitrogens with zero attached hydrogens (tertiary/aromatic N) is 1. The quantitative estimate of drug-likeness (QED) is 0.584. The SMILES string of the molecule is CCCN1C(=S)NC(=O)/C1=C\c1ccc(OCc2ccccc2)c(OC)c1. The Morgan fingerprint density at radius 1 is 1.15 bits per heavy atom. The van der Waals surface area contributed by atoms with E-state index in [-0.39, 0.29) is 5.91 Å². The van der Waals surface area contributed by atoms with Crippen molar-refractivity contribution in [1.29, 1.82) is 0 Å². The lowest BCUT2D eigenvalue weighted by Gasteiger charge is -2.16. The Labute approximate surface area is 164 Å². The van der Waals surface area contributed by atoms with Crippen LogP contribution >= 0.6 is 12.2 Å². The number of benzene rings is 2. The van der Waals surface area contributed by atoms with Crippen LogP contribution in [0.3, 0.4) is 0 Å². The molecule has 0 aliphatic carbocycles. The van der Waals surface area contributed by atoms with Gasteiger partial charge in [0, 0.05) is 6.54 Å². The van der Waals surface area contributed by atoms with Gasteiger partial charge in [-0.2, -0.15) is 0 Å². The van der Waals surface area contributed by atoms with Crippen molar-refractivity contribution in [2.75, 3.05) is 13.7 Å². The Morgan fingerprint density at radius 3 is 2.63 bits per heavy atom. The first-order valence-corrected chi connectivity index (χ1v) is 9.22. The van der Waals surface area contributed by atoms with Crippen LogP contribution in [0.25, 0.3) is 6.08 Å². The number of hydrogen-bond donors (Lipinski definition) is 1. The molecule has 0 unspecified atom stereocenters. The molecule has 2 aromatic rings. The number of rotatable bonds is 7. The summed E-state index contributed by atoms with van der Waals surface area (Å²) in [5.41, 5.74) is 2.47. The third kappa shape index (κ3) is 4.46. The fourth-order valence-electron chi connectivity index (χ4n) is 2.84. The molecule has 0 saturated carbocycles. The Morgan fingerprint density at radius 2 is 1.93 bits per heavy atom. The minimum atomic E-state index is -0.183. The average Bonchev–Trinajstić information content (AvgIpc) is 2.95. The monoisotopic (exact) mass is 382 g/mol. The number of thiocarbonyl (C=S) groups is 1. The molecule has 1 N–H and O–H groups in total. The largest absolute Gasteiger partial charge is 0.493 e. The molecule has 0 radical (unpaired) electrons. The van der Waals surface area contributed by atoms with Gasteiger partial charge in [-0.25, -0.2) is 0 Å². The van der Waals surface area contributed by atoms with E-state index in [1.54, 1.807) is 7.11 Å². The van der Waals surface area contributed by atoms with Crippen molar-refractivity contribution in [2.24, 2.45) is 0 Å². The number of nitrogens with one attached hydrogen (secondary N) is 1. The summed E-state index contributed by atoms with van der Waals surface area (Å²) in [6.45, 7) is 3.20. The number of amides is 1. The minimum Gasteiger partial charge on any atom is -0.493 e. The minimum absolute atomic E-state index is 0.183. The number of methoxy groups -OCH3 is 1. The zero-order valence-corrected chi connectivity index (χ0v) is 16.2. The molecule has 0 bridgehead atoms. The smallest absolute Gasteiger partial charge is 0.274 e. The number of carbonyl (C=O) groups is 1. The number of carbonyl (C=O) groups excluding carboxylic acids is 1. The van der Waals surface area contributed by atoms with Crippen LogP contribution in [0.15, 0.2) is 54.2 Å². The van der Waals surface area contributed by atoms with Gasteiger partial charge in [-0.05, 0) is 48.0 Å². The first-order valence-electron chi connectivity index (χ1n) is 8.81. The summed E-state index contributed by atoms with van der Waals surface area (Å²) in [6, 6.07) is 15.5. The van der Waals surface area contributed by atoms with Crippen molar-refractivity contribution < 1.29 is 14.3 Å². The Hall–Kier alpha value is -2.86. The van der Waals surface area contributed by atoms with Gasteiger partial charge in [0.2, 0.25) is 0 Å². The fraction of sp³-hybridized carbons (Fsp3) is 0.238. The lowest BCUT2D eigenvalue weighted by molar-refractivity contribution is -0.115. The number of ether oxygens (including phenoxy) is 2. The molecule has 1 heterocycles. The van der Waals surface area contributed by atoms with Crippen molar-refractivity contribution in [1.82, 2.24) is 10.2 Å². The first kappa shape index (κ1) is 18.9. The van der Waals surface area contributed by atoms with Crippen LogP contribution in [0.4, 0.5) is 0 Å². The highest BCUT2D eigenvalue weighted by atomic mass is 32.1. The zero-order chi connectivity index (χ0) is 19.2. The van der Waals surface area contributed by atoms with E-state index in [0.29, 0.717) is 35.5 Å². The molecule has 0 atom stereocenters. The summed E-state index contributed by atoms with van der Waals surface area (Å²) in [7, 11) is 1.60. The predicted molar refractivity (Wildman–Crippen MR) is 109 cm³/mol. The van der Waals surface area contributed by atoms with Crippen molar-refractivity contribution in [3.05, 3.63) is 65.4 Å². The maximum atomic E-state index is 12.2. The second-order valence-corrected chi connectivity index (χ2v) is 6.51. The van der Waals surface area contributed by atoms with E-state index in [1.807, 2.05) is 66.4 Å². The van der Waals surface area contributed by atoms with Gasteiger partial charge in [-0.15, -0.1) is 0 Å². The molecular weight excluding hydrogens is 360 g/mol. The van der Waals surface area contributed by atoms with Gasteiger partial charge in [0.1, 0.15) is 12.3 Å². The standard InChI is InChI=1S/C21H22N2O3S/c1-3-11-23-17(20(24)22-21(23)27)12-16-9-10-18(19(13-16)25-2)26-14-15-7-5-4-6-8-15/h4-10,12-13H,3,11,14H2,1-2H3,(H,22,24,27)/b17-12+. The van der Waals surface area contributed by atoms with Crippen LogP contribution in [0.5, 0.6) is 11.5 Å². The van der Waals surface area contributed by atoms with Crippen LogP contribution in [0.1, 0.15) is 24.5 Å². The molecule has 27 heavy (non-hydrogen) atoms. The van der Waals surface area contributed by atoms with Crippen LogP contribution < -0.4 is 14.8 Å². The fourth-order valence-corrected chi connectivity index (χ4v) is 3.12. The second-order valence-electron chi connectivity index (χ2n) is 6.13. The molecule has 1 aliphatic heterocycles. The predicted octanol–water partition coefficient (Wildman–Crippen LogP) is 3.74. The molecule has 6 heteroatoms. The molecule has 1 fully saturated rings. The van der Waals surface area contributed by atoms with Crippen molar-refractivity contribution >= 4 is 29.3 Å². The van der Waals surface area contributed by atoms with Crippen molar-refractivity contribution in [3.63, 3.8) is 0 Å². The van der Waals surface area contributed by atoms with Crippen LogP contribution in [0, 0.1) is 0 Å². The summed E-state index contributed by atoms with van der Waals surface area (Å²) < 4.78 is 11.3. The molecule has 1 amide bonds. The van der Waals surface area contributed by atoms with Gasteiger partial charge in [0.15, 0.2) is 16.6 Å². The zero-order valence-electron chi connectivity index (χ0n) is 15.4. The Kier molecular flexibility index (Phi) is 6.08. The summed E-state index contributed by atoms with van der Waals surface area (Å²) in [5.74, 6) is 1.08. The maximum Gasteiger partial charge on any atom is 0.274 e. The van der Waals surface area contributed by atoms with Crippen molar-refractivity contribution in [2.45, 2.75) is 20.0 Å². The van der Waals surface area contributed by atoms with E-state index in [9.17, 15) is 4.79 Å². The summed E-state index contributed by atoms with van der Waals surface area (Å²) in [4.78, 5) is 14.0. The molecule has 3 rings (SSSR count). The first-order chi connectivity index (χ1) is 13.1. The van der Waals surface area contributed by atoms with E-state index in [1.165, 1.54) is 0 Å². The second kappa shape index (κ2) is 8.68. The van der Waals surface area contributed by atoms with E-state index in [2.05, 4.69) is 5.32 Å². The highest BCUT2D eigenvalue weighted by molar-refractivity contribution is 7.80. The molecule has 0 spiro atoms. The van der Waals surface area contributed by atoms with Crippen molar-refractivity contribution in [3.8, 4) is 11.5 Å². The molecule has 0 aromatic heterocycles. The maximum absolute atomic E-state index is 12.2. The average molecular weight is 382 g/mol. The van der Waals surface area contributed by atoms with Gasteiger partial charge < -0.3 is 14.4 Å². The lowest BCUT2D eigenvalue weighted by Crippen LogP contribution is -2.27. The van der Waals surface area contributed by atoms with Crippen LogP contribution in [-0.4, -0.2) is 29.6 Å². The van der Waals surface area contributed by atoms with Gasteiger partial charge in [0.25, 0.3) is 5.91 Å². The van der Waals surface area contributed by atoms with Gasteiger partial charge >= 0.3 is 0 Å². The Bertz CT molecular complexity index is 865. The van der Waals surface area contributed by atoms with E-state index >= 15 is 0 Å². The summed E-state index contributed by atoms with van der Waals surface area (Å²) in [6.07, 6.45) is 2.70. The topological polar surface area (TPSA) is 50.8 Å². The third-order valence-electron chi connectivity index (χ3n) is 4.16. The molecule has 140 valence electrons. The lowest BCUT2D eigenvalue weighted by atomic mass is 10.1. The normalized spacial score (nSPS) is 15.2. The highest BCUT2D eigenvalue weighted by Gasteiger charge is 2.29. The van der Waals surface area contributed by atoms with Gasteiger partial charge in [-0.1, -0.05) is 43.3 Å². The van der Waals surface area contributed by atoms with Crippen LogP contribution in [0.2, 0.25) is 0 Å².